The van der Waals surface area contributed by atoms with E-state index in [0.717, 1.165) is 22.7 Å². The number of amides is 1. The predicted molar refractivity (Wildman–Crippen MR) is 100 cm³/mol. The maximum absolute atomic E-state index is 13.0. The molecule has 0 aliphatic rings. The number of aromatic nitrogens is 1. The van der Waals surface area contributed by atoms with Crippen molar-refractivity contribution in [2.45, 2.75) is 39.3 Å². The van der Waals surface area contributed by atoms with Gasteiger partial charge in [0.15, 0.2) is 0 Å². The Balaban J connectivity index is 2.21. The van der Waals surface area contributed by atoms with Gasteiger partial charge in [0, 0.05) is 11.1 Å². The van der Waals surface area contributed by atoms with Gasteiger partial charge in [-0.15, -0.1) is 11.3 Å². The first kappa shape index (κ1) is 18.6. The molecule has 1 aromatic heterocycles. The average Bonchev–Trinajstić information content (AvgIpc) is 2.93. The smallest absolute Gasteiger partial charge is 0.242 e. The number of thiazole rings is 1. The molecule has 0 radical (unpaired) electrons. The standard InChI is InChI=1S/C19H27N3OS/c1-13(2)11-16(19-20-14(3)12-24-19)21-18(23)17(22(4)5)15-9-7-6-8-10-15/h6-10,12-13,16-17H,11H2,1-5H3,(H,21,23). The van der Waals surface area contributed by atoms with Crippen LogP contribution in [0.3, 0.4) is 0 Å². The first-order valence-corrected chi connectivity index (χ1v) is 9.20. The second kappa shape index (κ2) is 8.40. The van der Waals surface area contributed by atoms with Crippen LogP contribution in [-0.4, -0.2) is 29.9 Å². The molecule has 0 fully saturated rings. The van der Waals surface area contributed by atoms with Crippen molar-refractivity contribution in [3.05, 3.63) is 52.0 Å². The molecule has 2 aromatic rings. The van der Waals surface area contributed by atoms with Crippen LogP contribution < -0.4 is 5.32 Å². The minimum atomic E-state index is -0.304. The van der Waals surface area contributed by atoms with E-state index in [1.54, 1.807) is 11.3 Å². The van der Waals surface area contributed by atoms with Gasteiger partial charge in [-0.3, -0.25) is 9.69 Å². The number of nitrogens with zero attached hydrogens (tertiary/aromatic N) is 2. The molecule has 2 unspecified atom stereocenters. The third-order valence-corrected chi connectivity index (χ3v) is 4.91. The molecule has 2 rings (SSSR count). The lowest BCUT2D eigenvalue weighted by Gasteiger charge is -2.27. The highest BCUT2D eigenvalue weighted by Gasteiger charge is 2.27. The molecule has 2 atom stereocenters. The highest BCUT2D eigenvalue weighted by Crippen LogP contribution is 2.26. The SMILES string of the molecule is Cc1csc(C(CC(C)C)NC(=O)C(c2ccccc2)N(C)C)n1. The van der Waals surface area contributed by atoms with E-state index in [1.165, 1.54) is 0 Å². The number of likely N-dealkylation sites (N-methyl/N-ethyl adjacent to an activating group) is 1. The minimum Gasteiger partial charge on any atom is -0.345 e. The predicted octanol–water partition coefficient (Wildman–Crippen LogP) is 3.96. The summed E-state index contributed by atoms with van der Waals surface area (Å²) in [6.07, 6.45) is 0.883. The monoisotopic (exact) mass is 345 g/mol. The van der Waals surface area contributed by atoms with Gasteiger partial charge in [0.2, 0.25) is 5.91 Å². The van der Waals surface area contributed by atoms with Crippen LogP contribution in [-0.2, 0) is 4.79 Å². The minimum absolute atomic E-state index is 0.0182. The summed E-state index contributed by atoms with van der Waals surface area (Å²) in [7, 11) is 3.87. The third kappa shape index (κ3) is 4.89. The molecule has 1 N–H and O–H groups in total. The third-order valence-electron chi connectivity index (χ3n) is 3.84. The van der Waals surface area contributed by atoms with Gasteiger partial charge < -0.3 is 5.32 Å². The van der Waals surface area contributed by atoms with Crippen LogP contribution in [0.1, 0.15) is 48.6 Å². The molecule has 0 saturated carbocycles. The lowest BCUT2D eigenvalue weighted by Crippen LogP contribution is -2.39. The van der Waals surface area contributed by atoms with Crippen LogP contribution in [0.4, 0.5) is 0 Å². The Hall–Kier alpha value is -1.72. The summed E-state index contributed by atoms with van der Waals surface area (Å²) >= 11 is 1.62. The van der Waals surface area contributed by atoms with Gasteiger partial charge in [0.25, 0.3) is 0 Å². The van der Waals surface area contributed by atoms with Gasteiger partial charge in [-0.05, 0) is 38.9 Å². The summed E-state index contributed by atoms with van der Waals surface area (Å²) < 4.78 is 0. The van der Waals surface area contributed by atoms with Crippen molar-refractivity contribution < 1.29 is 4.79 Å². The molecular weight excluding hydrogens is 318 g/mol. The first-order valence-electron chi connectivity index (χ1n) is 8.32. The van der Waals surface area contributed by atoms with Crippen LogP contribution in [0.25, 0.3) is 0 Å². The van der Waals surface area contributed by atoms with E-state index in [2.05, 4.69) is 24.1 Å². The summed E-state index contributed by atoms with van der Waals surface area (Å²) in [5.74, 6) is 0.499. The van der Waals surface area contributed by atoms with Crippen LogP contribution in [0, 0.1) is 12.8 Å². The Morgan fingerprint density at radius 2 is 1.92 bits per heavy atom. The number of carbonyl (C=O) groups is 1. The average molecular weight is 346 g/mol. The van der Waals surface area contributed by atoms with Crippen molar-refractivity contribution in [1.82, 2.24) is 15.2 Å². The molecule has 0 spiro atoms. The molecular formula is C19H27N3OS. The fourth-order valence-corrected chi connectivity index (χ4v) is 3.66. The van der Waals surface area contributed by atoms with Gasteiger partial charge in [0.1, 0.15) is 11.0 Å². The zero-order valence-electron chi connectivity index (χ0n) is 15.1. The molecule has 4 nitrogen and oxygen atoms in total. The van der Waals surface area contributed by atoms with E-state index >= 15 is 0 Å². The van der Waals surface area contributed by atoms with Gasteiger partial charge in [-0.25, -0.2) is 4.98 Å². The number of hydrogen-bond donors (Lipinski definition) is 1. The number of hydrogen-bond acceptors (Lipinski definition) is 4. The van der Waals surface area contributed by atoms with Crippen molar-refractivity contribution in [3.8, 4) is 0 Å². The van der Waals surface area contributed by atoms with E-state index in [1.807, 2.05) is 61.6 Å². The van der Waals surface area contributed by atoms with Gasteiger partial charge in [-0.2, -0.15) is 0 Å². The van der Waals surface area contributed by atoms with Gasteiger partial charge >= 0.3 is 0 Å². The topological polar surface area (TPSA) is 45.2 Å². The number of aryl methyl sites for hydroxylation is 1. The molecule has 1 amide bonds. The molecule has 1 heterocycles. The van der Waals surface area contributed by atoms with Gasteiger partial charge in [0.05, 0.1) is 6.04 Å². The summed E-state index contributed by atoms with van der Waals surface area (Å²) in [5, 5.41) is 6.25. The molecule has 0 aliphatic heterocycles. The molecule has 5 heteroatoms. The van der Waals surface area contributed by atoms with Crippen molar-refractivity contribution in [2.24, 2.45) is 5.92 Å². The molecule has 0 bridgehead atoms. The summed E-state index contributed by atoms with van der Waals surface area (Å²) in [6, 6.07) is 9.55. The number of benzene rings is 1. The Bertz CT molecular complexity index is 652. The van der Waals surface area contributed by atoms with Crippen molar-refractivity contribution in [1.29, 1.82) is 0 Å². The van der Waals surface area contributed by atoms with Gasteiger partial charge in [-0.1, -0.05) is 44.2 Å². The van der Waals surface area contributed by atoms with Crippen LogP contribution >= 0.6 is 11.3 Å². The van der Waals surface area contributed by atoms with Crippen molar-refractivity contribution in [3.63, 3.8) is 0 Å². The highest BCUT2D eigenvalue weighted by molar-refractivity contribution is 7.09. The summed E-state index contributed by atoms with van der Waals surface area (Å²) in [5.41, 5.74) is 2.00. The largest absolute Gasteiger partial charge is 0.345 e. The van der Waals surface area contributed by atoms with E-state index in [4.69, 9.17) is 0 Å². The number of rotatable bonds is 7. The second-order valence-electron chi connectivity index (χ2n) is 6.79. The molecule has 0 aliphatic carbocycles. The lowest BCUT2D eigenvalue weighted by atomic mass is 10.0. The van der Waals surface area contributed by atoms with E-state index in [-0.39, 0.29) is 18.0 Å². The normalized spacial score (nSPS) is 14.0. The Kier molecular flexibility index (Phi) is 6.52. The molecule has 1 aromatic carbocycles. The molecule has 0 saturated heterocycles. The van der Waals surface area contributed by atoms with E-state index in [0.29, 0.717) is 5.92 Å². The van der Waals surface area contributed by atoms with Crippen LogP contribution in [0.2, 0.25) is 0 Å². The van der Waals surface area contributed by atoms with Crippen LogP contribution in [0.15, 0.2) is 35.7 Å². The fraction of sp³-hybridized carbons (Fsp3) is 0.474. The lowest BCUT2D eigenvalue weighted by molar-refractivity contribution is -0.126. The van der Waals surface area contributed by atoms with Crippen molar-refractivity contribution >= 4 is 17.2 Å². The first-order chi connectivity index (χ1) is 11.4. The summed E-state index contributed by atoms with van der Waals surface area (Å²) in [6.45, 7) is 6.32. The maximum atomic E-state index is 13.0. The Morgan fingerprint density at radius 1 is 1.25 bits per heavy atom. The van der Waals surface area contributed by atoms with Crippen molar-refractivity contribution in [2.75, 3.05) is 14.1 Å². The Labute approximate surface area is 148 Å². The number of nitrogens with one attached hydrogen (secondary N) is 1. The molecule has 24 heavy (non-hydrogen) atoms. The molecule has 130 valence electrons. The van der Waals surface area contributed by atoms with E-state index in [9.17, 15) is 4.79 Å². The fourth-order valence-electron chi connectivity index (χ4n) is 2.80. The zero-order valence-corrected chi connectivity index (χ0v) is 15.9. The van der Waals surface area contributed by atoms with E-state index < -0.39 is 0 Å². The Morgan fingerprint density at radius 3 is 2.42 bits per heavy atom. The van der Waals surface area contributed by atoms with Crippen LogP contribution in [0.5, 0.6) is 0 Å². The quantitative estimate of drug-likeness (QED) is 0.826. The maximum Gasteiger partial charge on any atom is 0.242 e. The number of carbonyl (C=O) groups excluding carboxylic acids is 1. The second-order valence-corrected chi connectivity index (χ2v) is 7.68. The summed E-state index contributed by atoms with van der Waals surface area (Å²) in [4.78, 5) is 19.5. The zero-order chi connectivity index (χ0) is 17.7. The highest BCUT2D eigenvalue weighted by atomic mass is 32.1.